The molecule has 0 spiro atoms. The lowest BCUT2D eigenvalue weighted by Crippen LogP contribution is -1.94. The van der Waals surface area contributed by atoms with Crippen molar-refractivity contribution in [1.82, 2.24) is 14.5 Å². The second-order valence-electron chi connectivity index (χ2n) is 4.25. The average molecular weight is 433 g/mol. The quantitative estimate of drug-likeness (QED) is 0.395. The van der Waals surface area contributed by atoms with Gasteiger partial charge >= 0.3 is 0 Å². The van der Waals surface area contributed by atoms with Crippen molar-refractivity contribution >= 4 is 39.4 Å². The van der Waals surface area contributed by atoms with Crippen LogP contribution < -0.4 is 0 Å². The second-order valence-corrected chi connectivity index (χ2v) is 6.29. The number of hydrogen-bond donors (Lipinski definition) is 0. The highest BCUT2D eigenvalue weighted by Gasteiger charge is 2.15. The molecule has 0 aliphatic heterocycles. The first-order chi connectivity index (χ1) is 10.6. The van der Waals surface area contributed by atoms with E-state index in [1.807, 2.05) is 20.8 Å². The monoisotopic (exact) mass is 433 g/mol. The molecule has 0 amide bonds. The van der Waals surface area contributed by atoms with Crippen molar-refractivity contribution in [2.45, 2.75) is 20.8 Å². The summed E-state index contributed by atoms with van der Waals surface area (Å²) >= 11 is 2.19. The molecule has 3 rings (SSSR count). The van der Waals surface area contributed by atoms with Gasteiger partial charge < -0.3 is 0 Å². The van der Waals surface area contributed by atoms with Gasteiger partial charge in [0.05, 0.1) is 23.3 Å². The number of aryl methyl sites for hydroxylation is 1. The summed E-state index contributed by atoms with van der Waals surface area (Å²) in [5.74, 6) is -1.23. The number of pyridine rings is 1. The SMILES string of the molecule is CC.Cc1nn(PI)c2nc(-c3c(F)cccc3F)ccc12. The molecule has 1 unspecified atom stereocenters. The Balaban J connectivity index is 0.000000847. The van der Waals surface area contributed by atoms with Crippen LogP contribution in [-0.2, 0) is 0 Å². The first-order valence-electron chi connectivity index (χ1n) is 6.79. The Labute approximate surface area is 142 Å². The summed E-state index contributed by atoms with van der Waals surface area (Å²) in [5.41, 5.74) is 1.69. The maximum Gasteiger partial charge on any atom is 0.162 e. The highest BCUT2D eigenvalue weighted by atomic mass is 127. The van der Waals surface area contributed by atoms with Crippen molar-refractivity contribution < 1.29 is 8.78 Å². The molecule has 7 heteroatoms. The lowest BCUT2D eigenvalue weighted by molar-refractivity contribution is 0.589. The summed E-state index contributed by atoms with van der Waals surface area (Å²) in [6.07, 6.45) is 0.379. The highest BCUT2D eigenvalue weighted by molar-refractivity contribution is 14.2. The number of hydrogen-bond acceptors (Lipinski definition) is 2. The Morgan fingerprint density at radius 2 is 1.73 bits per heavy atom. The van der Waals surface area contributed by atoms with Gasteiger partial charge in [-0.2, -0.15) is 5.10 Å². The summed E-state index contributed by atoms with van der Waals surface area (Å²) in [5, 5.41) is 5.26. The molecule has 22 heavy (non-hydrogen) atoms. The molecule has 0 aliphatic carbocycles. The van der Waals surface area contributed by atoms with E-state index in [0.29, 0.717) is 12.0 Å². The van der Waals surface area contributed by atoms with Crippen LogP contribution in [0.5, 0.6) is 0 Å². The number of halogens is 3. The van der Waals surface area contributed by atoms with Gasteiger partial charge in [-0.3, -0.25) is 0 Å². The molecule has 116 valence electrons. The molecule has 0 saturated carbocycles. The van der Waals surface area contributed by atoms with E-state index < -0.39 is 11.6 Å². The third kappa shape index (κ3) is 3.13. The summed E-state index contributed by atoms with van der Waals surface area (Å²) in [6.45, 7) is 5.89. The molecule has 0 fully saturated rings. The van der Waals surface area contributed by atoms with E-state index in [9.17, 15) is 8.78 Å². The van der Waals surface area contributed by atoms with Gasteiger partial charge in [-0.15, -0.1) is 0 Å². The van der Waals surface area contributed by atoms with Crippen molar-refractivity contribution in [2.24, 2.45) is 0 Å². The maximum absolute atomic E-state index is 13.8. The first-order valence-corrected chi connectivity index (χ1v) is 10.9. The van der Waals surface area contributed by atoms with Gasteiger partial charge in [0, 0.05) is 5.39 Å². The molecule has 0 N–H and O–H groups in total. The van der Waals surface area contributed by atoms with Crippen LogP contribution in [0.4, 0.5) is 8.78 Å². The van der Waals surface area contributed by atoms with E-state index in [1.54, 1.807) is 16.6 Å². The maximum atomic E-state index is 13.8. The fraction of sp³-hybridized carbons (Fsp3) is 0.200. The van der Waals surface area contributed by atoms with Gasteiger partial charge in [-0.25, -0.2) is 18.2 Å². The molecule has 0 bridgehead atoms. The minimum atomic E-state index is -0.614. The Hall–Kier alpha value is -1.14. The summed E-state index contributed by atoms with van der Waals surface area (Å²) < 4.78 is 29.4. The zero-order valence-electron chi connectivity index (χ0n) is 12.4. The Kier molecular flexibility index (Phi) is 5.81. The number of benzene rings is 1. The topological polar surface area (TPSA) is 30.7 Å². The highest BCUT2D eigenvalue weighted by Crippen LogP contribution is 2.32. The molecule has 1 atom stereocenters. The third-order valence-corrected chi connectivity index (χ3v) is 4.86. The standard InChI is InChI=1S/C13H9F2IN3P.C2H6/c1-7-8-5-6-11(17-13(8)19(18-7)20-16)12-9(14)3-2-4-10(12)15;1-2/h2-6,20H,1H3;1-2H3. The second kappa shape index (κ2) is 7.42. The normalized spacial score (nSPS) is 11.0. The zero-order valence-corrected chi connectivity index (χ0v) is 15.5. The van der Waals surface area contributed by atoms with Gasteiger partial charge in [0.1, 0.15) is 11.6 Å². The minimum Gasteiger partial charge on any atom is -0.228 e. The molecule has 0 aliphatic rings. The Morgan fingerprint density at radius 3 is 2.32 bits per heavy atom. The van der Waals surface area contributed by atoms with Crippen LogP contribution in [-0.4, -0.2) is 14.5 Å². The molecular formula is C15H15F2IN3P. The average Bonchev–Trinajstić information content (AvgIpc) is 2.85. The van der Waals surface area contributed by atoms with E-state index in [2.05, 4.69) is 32.1 Å². The van der Waals surface area contributed by atoms with Crippen LogP contribution in [0.25, 0.3) is 22.3 Å². The Bertz CT molecular complexity index is 785. The van der Waals surface area contributed by atoms with E-state index >= 15 is 0 Å². The summed E-state index contributed by atoms with van der Waals surface area (Å²) in [4.78, 5) is 4.38. The molecule has 3 nitrogen and oxygen atoms in total. The van der Waals surface area contributed by atoms with Crippen molar-refractivity contribution in [3.05, 3.63) is 47.7 Å². The van der Waals surface area contributed by atoms with E-state index in [4.69, 9.17) is 0 Å². The van der Waals surface area contributed by atoms with E-state index in [1.165, 1.54) is 18.2 Å². The molecule has 0 radical (unpaired) electrons. The predicted molar refractivity (Wildman–Crippen MR) is 96.7 cm³/mol. The number of rotatable bonds is 2. The summed E-state index contributed by atoms with van der Waals surface area (Å²) in [7, 11) is 0. The number of nitrogens with zero attached hydrogens (tertiary/aromatic N) is 3. The third-order valence-electron chi connectivity index (χ3n) is 3.01. The van der Waals surface area contributed by atoms with Crippen molar-refractivity contribution in [3.63, 3.8) is 0 Å². The van der Waals surface area contributed by atoms with Crippen LogP contribution in [0, 0.1) is 18.6 Å². The molecule has 0 saturated heterocycles. The van der Waals surface area contributed by atoms with Crippen LogP contribution in [0.2, 0.25) is 0 Å². The van der Waals surface area contributed by atoms with Crippen LogP contribution in [0.1, 0.15) is 19.5 Å². The fourth-order valence-corrected chi connectivity index (χ4v) is 3.53. The molecule has 1 aromatic carbocycles. The smallest absolute Gasteiger partial charge is 0.162 e. The van der Waals surface area contributed by atoms with Gasteiger partial charge in [0.15, 0.2) is 5.65 Å². The van der Waals surface area contributed by atoms with Crippen LogP contribution >= 0.6 is 28.4 Å². The fourth-order valence-electron chi connectivity index (χ4n) is 2.08. The van der Waals surface area contributed by atoms with Crippen molar-refractivity contribution in [1.29, 1.82) is 0 Å². The van der Waals surface area contributed by atoms with Gasteiger partial charge in [0.2, 0.25) is 0 Å². The molecular weight excluding hydrogens is 418 g/mol. The number of fused-ring (bicyclic) bond motifs is 1. The van der Waals surface area contributed by atoms with E-state index in [-0.39, 0.29) is 11.3 Å². The minimum absolute atomic E-state index is 0.100. The van der Waals surface area contributed by atoms with Crippen LogP contribution in [0.3, 0.4) is 0 Å². The van der Waals surface area contributed by atoms with Crippen molar-refractivity contribution in [2.75, 3.05) is 0 Å². The van der Waals surface area contributed by atoms with Gasteiger partial charge in [-0.1, -0.05) is 19.9 Å². The first kappa shape index (κ1) is 17.2. The van der Waals surface area contributed by atoms with Crippen LogP contribution in [0.15, 0.2) is 30.3 Å². The Morgan fingerprint density at radius 1 is 1.09 bits per heavy atom. The largest absolute Gasteiger partial charge is 0.228 e. The molecule has 3 aromatic rings. The molecule has 2 heterocycles. The summed E-state index contributed by atoms with van der Waals surface area (Å²) in [6, 6.07) is 7.23. The van der Waals surface area contributed by atoms with Crippen molar-refractivity contribution in [3.8, 4) is 11.3 Å². The lowest BCUT2D eigenvalue weighted by atomic mass is 10.1. The zero-order chi connectivity index (χ0) is 16.3. The van der Waals surface area contributed by atoms with Gasteiger partial charge in [-0.05, 0) is 53.2 Å². The lowest BCUT2D eigenvalue weighted by Gasteiger charge is -2.05. The van der Waals surface area contributed by atoms with E-state index in [0.717, 1.165) is 11.1 Å². The number of aromatic nitrogens is 3. The van der Waals surface area contributed by atoms with Gasteiger partial charge in [0.25, 0.3) is 0 Å². The predicted octanol–water partition coefficient (Wildman–Crippen LogP) is 5.50. The molecule has 2 aromatic heterocycles.